The lowest BCUT2D eigenvalue weighted by atomic mass is 9.88. The van der Waals surface area contributed by atoms with Gasteiger partial charge in [-0.1, -0.05) is 16.8 Å². The Morgan fingerprint density at radius 3 is 2.43 bits per heavy atom. The number of carbonyl (C=O) groups excluding carboxylic acids is 3. The van der Waals surface area contributed by atoms with Gasteiger partial charge in [0.15, 0.2) is 28.1 Å². The summed E-state index contributed by atoms with van der Waals surface area (Å²) in [5.41, 5.74) is 5.74. The maximum absolute atomic E-state index is 13.7. The van der Waals surface area contributed by atoms with Crippen LogP contribution < -0.4 is 5.73 Å². The number of fused-ring (bicyclic) bond motifs is 5. The molecule has 5 aliphatic heterocycles. The minimum atomic E-state index is -1.92. The molecule has 54 heavy (non-hydrogen) atoms. The fraction of sp³-hybridized carbons (Fsp3) is 0.455. The van der Waals surface area contributed by atoms with Gasteiger partial charge in [0, 0.05) is 47.1 Å². The van der Waals surface area contributed by atoms with Crippen LogP contribution in [0.3, 0.4) is 0 Å². The molecule has 4 atom stereocenters. The van der Waals surface area contributed by atoms with Crippen LogP contribution in [0.25, 0.3) is 0 Å². The number of aliphatic carboxylic acids is 3. The van der Waals surface area contributed by atoms with Crippen LogP contribution in [0.5, 0.6) is 11.5 Å². The van der Waals surface area contributed by atoms with Gasteiger partial charge < -0.3 is 45.5 Å². The number of aromatic hydroxyl groups is 2. The molecule has 2 aromatic rings. The summed E-state index contributed by atoms with van der Waals surface area (Å²) in [6.45, 7) is 4.31. The molecule has 0 radical (unpaired) electrons. The monoisotopic (exact) mass is 807 g/mol. The van der Waals surface area contributed by atoms with E-state index in [0.29, 0.717) is 55.6 Å². The Hall–Kier alpha value is -4.92. The summed E-state index contributed by atoms with van der Waals surface area (Å²) in [5, 5.41) is 52.6. The van der Waals surface area contributed by atoms with E-state index in [1.165, 1.54) is 34.2 Å². The standard InChI is InChI=1S/C33H35ClN6O12S2/c1-14-18(12-40-5-2-16(3-6-40)38(4-7-40)28(46)15-8-19(34)27(45)22(42)9-15)26(32(50)51)39-29(47)17(30(39)54-14)10-21(41)25(20-13-53-33(35)36-20)37-52-23(31(48)49)11-24(43)44/h8-9,13-14,16-17,23,30H,2-7,10-12H2,1H3,(H6-,35,36,37,41,42,43,44,45,46,48,49,50,51)/p+1/t14-,16?,17+,23-,30+,40?/m0/s1. The number of aromatic nitrogens is 1. The average Bonchev–Trinajstić information content (AvgIpc) is 3.36. The number of amides is 2. The van der Waals surface area contributed by atoms with Gasteiger partial charge in [-0.05, 0) is 19.1 Å². The lowest BCUT2D eigenvalue weighted by molar-refractivity contribution is -0.925. The van der Waals surface area contributed by atoms with Crippen LogP contribution in [-0.4, -0.2) is 142 Å². The van der Waals surface area contributed by atoms with Gasteiger partial charge in [0.25, 0.3) is 5.91 Å². The number of nitrogen functional groups attached to an aromatic ring is 1. The molecule has 6 heterocycles. The van der Waals surface area contributed by atoms with Crippen molar-refractivity contribution in [2.75, 3.05) is 38.5 Å². The van der Waals surface area contributed by atoms with Crippen molar-refractivity contribution in [3.05, 3.63) is 45.1 Å². The average molecular weight is 808 g/mol. The molecule has 1 aromatic carbocycles. The number of carbonyl (C=O) groups is 6. The number of ketones is 1. The van der Waals surface area contributed by atoms with Crippen molar-refractivity contribution in [2.45, 2.75) is 55.4 Å². The number of quaternary nitrogens is 1. The van der Waals surface area contributed by atoms with E-state index in [1.54, 1.807) is 4.90 Å². The van der Waals surface area contributed by atoms with Crippen LogP contribution in [0.2, 0.25) is 5.02 Å². The molecule has 0 unspecified atom stereocenters. The van der Waals surface area contributed by atoms with Crippen molar-refractivity contribution < 1.29 is 63.6 Å². The number of halogens is 1. The van der Waals surface area contributed by atoms with Gasteiger partial charge in [-0.3, -0.25) is 24.1 Å². The summed E-state index contributed by atoms with van der Waals surface area (Å²) in [5.74, 6) is -8.11. The van der Waals surface area contributed by atoms with E-state index in [-0.39, 0.29) is 44.3 Å². The predicted octanol–water partition coefficient (Wildman–Crippen LogP) is 1.79. The van der Waals surface area contributed by atoms with Crippen LogP contribution in [0.4, 0.5) is 5.13 Å². The van der Waals surface area contributed by atoms with E-state index in [1.807, 2.05) is 6.92 Å². The molecule has 0 saturated carbocycles. The second kappa shape index (κ2) is 15.1. The summed E-state index contributed by atoms with van der Waals surface area (Å²) in [6.07, 6.45) is -2.05. The lowest BCUT2D eigenvalue weighted by Crippen LogP contribution is -2.64. The van der Waals surface area contributed by atoms with Crippen LogP contribution >= 0.6 is 34.7 Å². The number of thioether (sulfide) groups is 1. The number of oxime groups is 1. The summed E-state index contributed by atoms with van der Waals surface area (Å²) in [6, 6.07) is 2.38. The van der Waals surface area contributed by atoms with Crippen molar-refractivity contribution in [1.82, 2.24) is 14.8 Å². The number of carboxylic acid groups (broad SMARTS) is 3. The Kier molecular flexibility index (Phi) is 10.8. The van der Waals surface area contributed by atoms with Crippen molar-refractivity contribution in [3.8, 4) is 11.5 Å². The number of Topliss-reactive ketones (excluding diaryl/α,β-unsaturated/α-hetero) is 1. The van der Waals surface area contributed by atoms with Crippen LogP contribution in [0.15, 0.2) is 33.9 Å². The maximum atomic E-state index is 13.7. The zero-order chi connectivity index (χ0) is 39.2. The number of hydrogen-bond acceptors (Lipinski definition) is 14. The molecular weight excluding hydrogens is 772 g/mol. The van der Waals surface area contributed by atoms with E-state index in [9.17, 15) is 49.2 Å². The van der Waals surface area contributed by atoms with E-state index in [4.69, 9.17) is 27.3 Å². The number of anilines is 1. The Morgan fingerprint density at radius 1 is 1.13 bits per heavy atom. The van der Waals surface area contributed by atoms with Crippen molar-refractivity contribution in [3.63, 3.8) is 0 Å². The molecule has 18 nitrogen and oxygen atoms in total. The lowest BCUT2D eigenvalue weighted by Gasteiger charge is -2.52. The number of nitrogens with two attached hydrogens (primary N) is 1. The molecule has 288 valence electrons. The van der Waals surface area contributed by atoms with Gasteiger partial charge in [0.2, 0.25) is 12.0 Å². The highest BCUT2D eigenvalue weighted by atomic mass is 35.5. The van der Waals surface area contributed by atoms with E-state index >= 15 is 0 Å². The zero-order valence-electron chi connectivity index (χ0n) is 28.6. The molecule has 1 aromatic heterocycles. The van der Waals surface area contributed by atoms with Crippen molar-refractivity contribution >= 4 is 81.0 Å². The molecule has 4 saturated heterocycles. The van der Waals surface area contributed by atoms with Gasteiger partial charge >= 0.3 is 17.9 Å². The van der Waals surface area contributed by atoms with Gasteiger partial charge in [-0.25, -0.2) is 14.6 Å². The molecule has 7 N–H and O–H groups in total. The number of piperidine rings is 1. The third-order valence-electron chi connectivity index (χ3n) is 10.3. The molecule has 21 heteroatoms. The molecule has 7 rings (SSSR count). The summed E-state index contributed by atoms with van der Waals surface area (Å²) < 4.78 is 0.489. The van der Waals surface area contributed by atoms with E-state index < -0.39 is 77.0 Å². The van der Waals surface area contributed by atoms with Gasteiger partial charge in [-0.15, -0.1) is 23.1 Å². The van der Waals surface area contributed by atoms with Crippen molar-refractivity contribution in [1.29, 1.82) is 0 Å². The van der Waals surface area contributed by atoms with E-state index in [0.717, 1.165) is 11.3 Å². The molecule has 4 fully saturated rings. The smallest absolute Gasteiger partial charge is 0.352 e. The molecule has 0 spiro atoms. The quantitative estimate of drug-likeness (QED) is 0.0554. The normalized spacial score (nSPS) is 25.7. The van der Waals surface area contributed by atoms with Gasteiger partial charge in [0.1, 0.15) is 17.9 Å². The number of phenols is 2. The second-order valence-electron chi connectivity index (χ2n) is 13.6. The third kappa shape index (κ3) is 7.42. The van der Waals surface area contributed by atoms with Crippen LogP contribution in [0.1, 0.15) is 48.7 Å². The Balaban J connectivity index is 1.20. The van der Waals surface area contributed by atoms with E-state index in [2.05, 4.69) is 10.1 Å². The Morgan fingerprint density at radius 2 is 1.83 bits per heavy atom. The number of β-lactam (4-membered cyclic amide) rings is 1. The Bertz CT molecular complexity index is 1970. The second-order valence-corrected chi connectivity index (χ2v) is 16.3. The summed E-state index contributed by atoms with van der Waals surface area (Å²) >= 11 is 8.31. The Labute approximate surface area is 320 Å². The van der Waals surface area contributed by atoms with Gasteiger partial charge in [0.05, 0.1) is 48.9 Å². The SMILES string of the molecule is C[C@@H]1S[C@@H]2[C@H](CC(=O)/C(=N\O[C@@H](CC(=O)O)C(=O)O)c3csc(N)n3)C(=O)N2C(C(=O)O)=C1C[N+]12CCC(CC1)N(C(=O)c1cc(O)c(O)c(Cl)c1)CC2. The first kappa shape index (κ1) is 38.8. The molecule has 2 amide bonds. The number of hydrogen-bond donors (Lipinski definition) is 6. The fourth-order valence-electron chi connectivity index (χ4n) is 7.44. The number of nitrogens with zero attached hydrogens (tertiary/aromatic N) is 5. The van der Waals surface area contributed by atoms with Gasteiger partial charge in [-0.2, -0.15) is 0 Å². The van der Waals surface area contributed by atoms with Crippen LogP contribution in [-0.2, 0) is 28.8 Å². The number of thiazole rings is 1. The molecular formula is C33H36ClN6O12S2+. The summed E-state index contributed by atoms with van der Waals surface area (Å²) in [7, 11) is 0. The number of benzene rings is 1. The minimum Gasteiger partial charge on any atom is -0.504 e. The predicted molar refractivity (Wildman–Crippen MR) is 192 cm³/mol. The largest absolute Gasteiger partial charge is 0.504 e. The minimum absolute atomic E-state index is 0.0546. The van der Waals surface area contributed by atoms with Crippen LogP contribution in [0, 0.1) is 5.92 Å². The topological polar surface area (TPSA) is 271 Å². The first-order chi connectivity index (χ1) is 25.5. The molecule has 0 aliphatic carbocycles. The third-order valence-corrected chi connectivity index (χ3v) is 12.7. The number of rotatable bonds is 13. The molecule has 5 aliphatic rings. The highest BCUT2D eigenvalue weighted by Crippen LogP contribution is 2.49. The summed E-state index contributed by atoms with van der Waals surface area (Å²) in [4.78, 5) is 88.3. The first-order valence-electron chi connectivity index (χ1n) is 16.8. The van der Waals surface area contributed by atoms with Crippen molar-refractivity contribution in [2.24, 2.45) is 11.1 Å². The number of carboxylic acids is 3. The maximum Gasteiger partial charge on any atom is 0.352 e. The number of phenolic OH excluding ortho intramolecular Hbond substituents is 2. The highest BCUT2D eigenvalue weighted by Gasteiger charge is 2.57. The highest BCUT2D eigenvalue weighted by molar-refractivity contribution is 8.00. The first-order valence-corrected chi connectivity index (χ1v) is 19.0. The fourth-order valence-corrected chi connectivity index (χ4v) is 9.71. The molecule has 2 bridgehead atoms. The zero-order valence-corrected chi connectivity index (χ0v) is 31.0.